The van der Waals surface area contributed by atoms with Crippen molar-refractivity contribution in [1.82, 2.24) is 10.3 Å². The van der Waals surface area contributed by atoms with Crippen LogP contribution < -0.4 is 10.1 Å². The number of nitrogens with one attached hydrogen (secondary N) is 1. The predicted molar refractivity (Wildman–Crippen MR) is 131 cm³/mol. The summed E-state index contributed by atoms with van der Waals surface area (Å²) in [6.45, 7) is 7.91. The largest absolute Gasteiger partial charge is 0.494 e. The van der Waals surface area contributed by atoms with Crippen LogP contribution in [0.1, 0.15) is 57.0 Å². The molecule has 0 fully saturated rings. The van der Waals surface area contributed by atoms with Crippen molar-refractivity contribution in [2.24, 2.45) is 5.92 Å². The van der Waals surface area contributed by atoms with E-state index in [1.54, 1.807) is 11.3 Å². The molecule has 31 heavy (non-hydrogen) atoms. The molecule has 0 aliphatic carbocycles. The Morgan fingerprint density at radius 2 is 1.94 bits per heavy atom. The molecule has 1 heterocycles. The van der Waals surface area contributed by atoms with Crippen molar-refractivity contribution in [1.29, 1.82) is 0 Å². The minimum Gasteiger partial charge on any atom is -0.494 e. The van der Waals surface area contributed by atoms with E-state index < -0.39 is 0 Å². The first-order valence-corrected chi connectivity index (χ1v) is 11.9. The Kier molecular flexibility index (Phi) is 8.65. The molecule has 0 spiro atoms. The molecule has 0 saturated carbocycles. The first kappa shape index (κ1) is 23.0. The lowest BCUT2D eigenvalue weighted by atomic mass is 10.1. The van der Waals surface area contributed by atoms with E-state index in [9.17, 15) is 4.79 Å². The van der Waals surface area contributed by atoms with E-state index in [1.807, 2.05) is 42.5 Å². The zero-order valence-electron chi connectivity index (χ0n) is 18.7. The molecule has 4 nitrogen and oxygen atoms in total. The molecular formula is C26H32N2O2S. The number of ether oxygens (including phenoxy) is 1. The van der Waals surface area contributed by atoms with Gasteiger partial charge in [0.25, 0.3) is 0 Å². The first-order valence-electron chi connectivity index (χ1n) is 11.1. The second-order valence-electron chi connectivity index (χ2n) is 8.14. The number of benzene rings is 2. The van der Waals surface area contributed by atoms with Crippen LogP contribution in [0, 0.1) is 5.92 Å². The van der Waals surface area contributed by atoms with Crippen molar-refractivity contribution in [2.45, 2.75) is 46.5 Å². The Labute approximate surface area is 189 Å². The summed E-state index contributed by atoms with van der Waals surface area (Å²) in [7, 11) is 0. The standard InChI is InChI=1S/C26H32N2O2S/c1-4-5-16-30-22-12-10-20(11-13-22)17-21(18-25(29)27-15-14-19(2)3)26-28-23-8-6-7-9-24(23)31-26/h6-13,17,19H,4-5,14-16,18H2,1-3H3,(H,27,29). The second-order valence-corrected chi connectivity index (χ2v) is 9.17. The van der Waals surface area contributed by atoms with E-state index in [0.29, 0.717) is 18.9 Å². The molecule has 5 heteroatoms. The summed E-state index contributed by atoms with van der Waals surface area (Å²) in [5.74, 6) is 1.47. The van der Waals surface area contributed by atoms with Crippen LogP contribution in [0.3, 0.4) is 0 Å². The SMILES string of the molecule is CCCCOc1ccc(C=C(CC(=O)NCCC(C)C)c2nc3ccccc3s2)cc1. The highest BCUT2D eigenvalue weighted by molar-refractivity contribution is 7.19. The van der Waals surface area contributed by atoms with Crippen molar-refractivity contribution in [2.75, 3.05) is 13.2 Å². The highest BCUT2D eigenvalue weighted by Gasteiger charge is 2.13. The molecule has 0 radical (unpaired) electrons. The summed E-state index contributed by atoms with van der Waals surface area (Å²) in [4.78, 5) is 17.4. The summed E-state index contributed by atoms with van der Waals surface area (Å²) in [6.07, 6.45) is 5.52. The number of thiazole rings is 1. The monoisotopic (exact) mass is 436 g/mol. The predicted octanol–water partition coefficient (Wildman–Crippen LogP) is 6.57. The van der Waals surface area contributed by atoms with Gasteiger partial charge in [-0.3, -0.25) is 4.79 Å². The van der Waals surface area contributed by atoms with E-state index >= 15 is 0 Å². The van der Waals surface area contributed by atoms with Crippen LogP contribution in [0.5, 0.6) is 5.75 Å². The molecule has 0 aliphatic heterocycles. The van der Waals surface area contributed by atoms with Crippen molar-refractivity contribution in [3.8, 4) is 5.75 Å². The van der Waals surface area contributed by atoms with Crippen LogP contribution in [-0.2, 0) is 4.79 Å². The lowest BCUT2D eigenvalue weighted by Crippen LogP contribution is -2.25. The fourth-order valence-corrected chi connectivity index (χ4v) is 4.11. The van der Waals surface area contributed by atoms with Crippen LogP contribution >= 0.6 is 11.3 Å². The van der Waals surface area contributed by atoms with Gasteiger partial charge in [0.15, 0.2) is 0 Å². The number of hydrogen-bond donors (Lipinski definition) is 1. The topological polar surface area (TPSA) is 51.2 Å². The van der Waals surface area contributed by atoms with Crippen molar-refractivity contribution >= 4 is 39.1 Å². The number of carbonyl (C=O) groups is 1. The van der Waals surface area contributed by atoms with Gasteiger partial charge in [0.1, 0.15) is 10.8 Å². The van der Waals surface area contributed by atoms with Gasteiger partial charge in [0.05, 0.1) is 23.2 Å². The van der Waals surface area contributed by atoms with Gasteiger partial charge in [-0.2, -0.15) is 0 Å². The minimum absolute atomic E-state index is 0.0330. The fraction of sp³-hybridized carbons (Fsp3) is 0.385. The van der Waals surface area contributed by atoms with E-state index in [4.69, 9.17) is 9.72 Å². The van der Waals surface area contributed by atoms with E-state index in [2.05, 4.69) is 38.2 Å². The quantitative estimate of drug-likeness (QED) is 0.346. The molecule has 0 bridgehead atoms. The number of rotatable bonds is 11. The van der Waals surface area contributed by atoms with Crippen LogP contribution in [0.2, 0.25) is 0 Å². The molecule has 0 aliphatic rings. The average Bonchev–Trinajstić information content (AvgIpc) is 3.19. The number of carbonyl (C=O) groups excluding carboxylic acids is 1. The lowest BCUT2D eigenvalue weighted by Gasteiger charge is -2.09. The van der Waals surface area contributed by atoms with Gasteiger partial charge in [0.2, 0.25) is 5.91 Å². The third-order valence-electron chi connectivity index (χ3n) is 4.95. The molecule has 1 aromatic heterocycles. The molecule has 3 aromatic rings. The van der Waals surface area contributed by atoms with Gasteiger partial charge in [-0.15, -0.1) is 11.3 Å². The normalized spacial score (nSPS) is 11.8. The number of fused-ring (bicyclic) bond motifs is 1. The molecule has 0 unspecified atom stereocenters. The van der Waals surface area contributed by atoms with Gasteiger partial charge in [-0.25, -0.2) is 4.98 Å². The molecule has 0 atom stereocenters. The molecule has 164 valence electrons. The van der Waals surface area contributed by atoms with Crippen LogP contribution in [0.25, 0.3) is 21.9 Å². The van der Waals surface area contributed by atoms with E-state index in [0.717, 1.165) is 58.0 Å². The summed E-state index contributed by atoms with van der Waals surface area (Å²) in [5, 5.41) is 3.94. The number of nitrogens with zero attached hydrogens (tertiary/aromatic N) is 1. The number of unbranched alkanes of at least 4 members (excludes halogenated alkanes) is 1. The van der Waals surface area contributed by atoms with E-state index in [-0.39, 0.29) is 5.91 Å². The lowest BCUT2D eigenvalue weighted by molar-refractivity contribution is -0.120. The van der Waals surface area contributed by atoms with E-state index in [1.165, 1.54) is 0 Å². The Bertz CT molecular complexity index is 973. The van der Waals surface area contributed by atoms with Crippen molar-refractivity contribution in [3.63, 3.8) is 0 Å². The van der Waals surface area contributed by atoms with Crippen molar-refractivity contribution < 1.29 is 9.53 Å². The minimum atomic E-state index is 0.0330. The maximum absolute atomic E-state index is 12.6. The molecular weight excluding hydrogens is 404 g/mol. The summed E-state index contributed by atoms with van der Waals surface area (Å²) < 4.78 is 6.89. The fourth-order valence-electron chi connectivity index (χ4n) is 3.13. The Morgan fingerprint density at radius 3 is 2.65 bits per heavy atom. The average molecular weight is 437 g/mol. The summed E-state index contributed by atoms with van der Waals surface area (Å²) >= 11 is 1.63. The molecule has 3 rings (SSSR count). The Hall–Kier alpha value is -2.66. The zero-order valence-corrected chi connectivity index (χ0v) is 19.5. The number of para-hydroxylation sites is 1. The number of amides is 1. The zero-order chi connectivity index (χ0) is 22.1. The third kappa shape index (κ3) is 7.21. The van der Waals surface area contributed by atoms with Crippen LogP contribution in [-0.4, -0.2) is 24.0 Å². The van der Waals surface area contributed by atoms with Crippen LogP contribution in [0.4, 0.5) is 0 Å². The second kappa shape index (κ2) is 11.7. The van der Waals surface area contributed by atoms with Gasteiger partial charge < -0.3 is 10.1 Å². The molecule has 1 amide bonds. The maximum atomic E-state index is 12.6. The summed E-state index contributed by atoms with van der Waals surface area (Å²) in [5.41, 5.74) is 2.93. The van der Waals surface area contributed by atoms with Crippen molar-refractivity contribution in [3.05, 3.63) is 59.1 Å². The Balaban J connectivity index is 1.80. The molecule has 1 N–H and O–H groups in total. The smallest absolute Gasteiger partial charge is 0.224 e. The first-order chi connectivity index (χ1) is 15.0. The van der Waals surface area contributed by atoms with Gasteiger partial charge in [-0.1, -0.05) is 51.5 Å². The van der Waals surface area contributed by atoms with Gasteiger partial charge in [0, 0.05) is 6.54 Å². The highest BCUT2D eigenvalue weighted by atomic mass is 32.1. The molecule has 0 saturated heterocycles. The maximum Gasteiger partial charge on any atom is 0.224 e. The van der Waals surface area contributed by atoms with Gasteiger partial charge >= 0.3 is 0 Å². The van der Waals surface area contributed by atoms with Gasteiger partial charge in [-0.05, 0) is 60.2 Å². The van der Waals surface area contributed by atoms with Crippen LogP contribution in [0.15, 0.2) is 48.5 Å². The molecule has 2 aromatic carbocycles. The number of aromatic nitrogens is 1. The third-order valence-corrected chi connectivity index (χ3v) is 6.06. The summed E-state index contributed by atoms with van der Waals surface area (Å²) in [6, 6.07) is 16.1. The highest BCUT2D eigenvalue weighted by Crippen LogP contribution is 2.30. The Morgan fingerprint density at radius 1 is 1.16 bits per heavy atom. The number of hydrogen-bond acceptors (Lipinski definition) is 4.